The normalized spacial score (nSPS) is 12.0. The smallest absolute Gasteiger partial charge is 0.408 e. The monoisotopic (exact) mass is 322 g/mol. The predicted octanol–water partition coefficient (Wildman–Crippen LogP) is 2.49. The number of rotatable bonds is 10. The van der Waals surface area contributed by atoms with Crippen LogP contribution in [-0.4, -0.2) is 47.7 Å². The number of aliphatic carboxylic acids is 1. The van der Waals surface area contributed by atoms with Gasteiger partial charge >= 0.3 is 12.1 Å². The van der Waals surface area contributed by atoms with Crippen molar-refractivity contribution >= 4 is 12.1 Å². The highest BCUT2D eigenvalue weighted by Crippen LogP contribution is 2.02. The van der Waals surface area contributed by atoms with Crippen LogP contribution in [0.2, 0.25) is 0 Å². The number of alkyl carbamates (subject to hydrolysis) is 1. The highest BCUT2D eigenvalue weighted by Gasteiger charge is 2.23. The van der Waals surface area contributed by atoms with Gasteiger partial charge in [0.25, 0.3) is 0 Å². The van der Waals surface area contributed by atoms with Gasteiger partial charge in [-0.25, -0.2) is 9.59 Å². The molecule has 0 fully saturated rings. The molecule has 0 bridgehead atoms. The molecule has 0 unspecified atom stereocenters. The van der Waals surface area contributed by atoms with Crippen LogP contribution in [0.1, 0.15) is 32.3 Å². The number of hydrogen-bond acceptors (Lipinski definition) is 4. The molecule has 2 N–H and O–H groups in total. The average Bonchev–Trinajstić information content (AvgIpc) is 2.53. The van der Waals surface area contributed by atoms with Crippen molar-refractivity contribution < 1.29 is 19.4 Å². The van der Waals surface area contributed by atoms with E-state index in [-0.39, 0.29) is 13.2 Å². The minimum absolute atomic E-state index is 0.118. The number of carboxylic acids is 1. The summed E-state index contributed by atoms with van der Waals surface area (Å²) in [6, 6.07) is 8.28. The molecular weight excluding hydrogens is 296 g/mol. The van der Waals surface area contributed by atoms with Gasteiger partial charge in [-0.2, -0.15) is 0 Å². The lowest BCUT2D eigenvalue weighted by atomic mass is 10.2. The lowest BCUT2D eigenvalue weighted by molar-refractivity contribution is -0.139. The van der Waals surface area contributed by atoms with E-state index in [1.807, 2.05) is 49.1 Å². The summed E-state index contributed by atoms with van der Waals surface area (Å²) in [4.78, 5) is 25.2. The zero-order valence-electron chi connectivity index (χ0n) is 13.8. The number of carboxylic acid groups (broad SMARTS) is 1. The van der Waals surface area contributed by atoms with Crippen LogP contribution in [0.15, 0.2) is 30.3 Å². The highest BCUT2D eigenvalue weighted by molar-refractivity contribution is 5.80. The fourth-order valence-electron chi connectivity index (χ4n) is 2.28. The van der Waals surface area contributed by atoms with Crippen molar-refractivity contribution in [1.82, 2.24) is 10.2 Å². The third kappa shape index (κ3) is 7.65. The molecule has 0 spiro atoms. The van der Waals surface area contributed by atoms with Gasteiger partial charge < -0.3 is 20.1 Å². The second-order valence-corrected chi connectivity index (χ2v) is 5.40. The molecule has 6 heteroatoms. The first-order chi connectivity index (χ1) is 11.1. The molecule has 0 aliphatic heterocycles. The van der Waals surface area contributed by atoms with Gasteiger partial charge in [0, 0.05) is 6.54 Å². The van der Waals surface area contributed by atoms with Crippen LogP contribution in [0.3, 0.4) is 0 Å². The quantitative estimate of drug-likeness (QED) is 0.692. The molecule has 0 aromatic heterocycles. The standard InChI is InChI=1S/C17H26N2O4/c1-3-10-19(11-4-2)12-15(16(20)21)18-17(22)23-13-14-8-6-5-7-9-14/h5-9,15H,3-4,10-13H2,1-2H3,(H,18,22)(H,20,21)/t15-/m1/s1. The van der Waals surface area contributed by atoms with Crippen LogP contribution in [0, 0.1) is 0 Å². The summed E-state index contributed by atoms with van der Waals surface area (Å²) >= 11 is 0. The van der Waals surface area contributed by atoms with Crippen LogP contribution in [0.25, 0.3) is 0 Å². The summed E-state index contributed by atoms with van der Waals surface area (Å²) in [6.07, 6.45) is 1.16. The molecule has 0 heterocycles. The van der Waals surface area contributed by atoms with Crippen molar-refractivity contribution in [1.29, 1.82) is 0 Å². The van der Waals surface area contributed by atoms with Gasteiger partial charge in [0.1, 0.15) is 12.6 Å². The summed E-state index contributed by atoms with van der Waals surface area (Å²) in [5.74, 6) is -1.06. The number of amides is 1. The van der Waals surface area contributed by atoms with Crippen molar-refractivity contribution in [3.63, 3.8) is 0 Å². The molecule has 0 saturated carbocycles. The number of hydrogen-bond donors (Lipinski definition) is 2. The molecule has 0 aliphatic carbocycles. The molecule has 1 aromatic carbocycles. The molecule has 1 rings (SSSR count). The van der Waals surface area contributed by atoms with E-state index in [2.05, 4.69) is 5.32 Å². The third-order valence-corrected chi connectivity index (χ3v) is 3.32. The zero-order chi connectivity index (χ0) is 17.1. The molecule has 1 atom stereocenters. The van der Waals surface area contributed by atoms with Crippen LogP contribution in [0.5, 0.6) is 0 Å². The Bertz CT molecular complexity index is 473. The Morgan fingerprint density at radius 3 is 2.30 bits per heavy atom. The number of nitrogens with one attached hydrogen (secondary N) is 1. The first-order valence-corrected chi connectivity index (χ1v) is 7.99. The zero-order valence-corrected chi connectivity index (χ0v) is 13.8. The van der Waals surface area contributed by atoms with E-state index >= 15 is 0 Å². The second-order valence-electron chi connectivity index (χ2n) is 5.40. The maximum absolute atomic E-state index is 11.8. The molecule has 1 amide bonds. The first-order valence-electron chi connectivity index (χ1n) is 7.99. The van der Waals surface area contributed by atoms with Gasteiger partial charge in [-0.05, 0) is 31.5 Å². The number of benzene rings is 1. The number of nitrogens with zero attached hydrogens (tertiary/aromatic N) is 1. The van der Waals surface area contributed by atoms with Gasteiger partial charge in [-0.15, -0.1) is 0 Å². The summed E-state index contributed by atoms with van der Waals surface area (Å²) in [5.41, 5.74) is 0.855. The molecule has 1 aromatic rings. The van der Waals surface area contributed by atoms with Gasteiger partial charge in [0.15, 0.2) is 0 Å². The summed E-state index contributed by atoms with van der Waals surface area (Å²) in [5, 5.41) is 11.7. The van der Waals surface area contributed by atoms with Gasteiger partial charge in [0.2, 0.25) is 0 Å². The number of carbonyl (C=O) groups is 2. The van der Waals surface area contributed by atoms with Gasteiger partial charge in [-0.3, -0.25) is 0 Å². The molecule has 6 nitrogen and oxygen atoms in total. The Morgan fingerprint density at radius 1 is 1.17 bits per heavy atom. The largest absolute Gasteiger partial charge is 0.480 e. The minimum atomic E-state index is -1.06. The topological polar surface area (TPSA) is 78.9 Å². The van der Waals surface area contributed by atoms with E-state index in [0.29, 0.717) is 0 Å². The van der Waals surface area contributed by atoms with E-state index in [9.17, 15) is 14.7 Å². The van der Waals surface area contributed by atoms with Gasteiger partial charge in [-0.1, -0.05) is 44.2 Å². The molecule has 0 radical (unpaired) electrons. The van der Waals surface area contributed by atoms with Crippen molar-refractivity contribution in [2.75, 3.05) is 19.6 Å². The fraction of sp³-hybridized carbons (Fsp3) is 0.529. The Kier molecular flexibility index (Phi) is 8.75. The van der Waals surface area contributed by atoms with Crippen molar-refractivity contribution in [3.05, 3.63) is 35.9 Å². The van der Waals surface area contributed by atoms with E-state index in [0.717, 1.165) is 31.5 Å². The van der Waals surface area contributed by atoms with E-state index in [1.165, 1.54) is 0 Å². The van der Waals surface area contributed by atoms with Crippen LogP contribution >= 0.6 is 0 Å². The fourth-order valence-corrected chi connectivity index (χ4v) is 2.28. The number of ether oxygens (including phenoxy) is 1. The van der Waals surface area contributed by atoms with Gasteiger partial charge in [0.05, 0.1) is 0 Å². The highest BCUT2D eigenvalue weighted by atomic mass is 16.5. The lowest BCUT2D eigenvalue weighted by Crippen LogP contribution is -2.49. The Morgan fingerprint density at radius 2 is 1.78 bits per heavy atom. The second kappa shape index (κ2) is 10.6. The van der Waals surface area contributed by atoms with Crippen molar-refractivity contribution in [2.45, 2.75) is 39.3 Å². The molecule has 128 valence electrons. The first kappa shape index (κ1) is 19.0. The molecule has 0 saturated heterocycles. The van der Waals surface area contributed by atoms with E-state index in [1.54, 1.807) is 0 Å². The average molecular weight is 322 g/mol. The molecule has 0 aliphatic rings. The summed E-state index contributed by atoms with van der Waals surface area (Å²) in [7, 11) is 0. The minimum Gasteiger partial charge on any atom is -0.480 e. The molecular formula is C17H26N2O4. The van der Waals surface area contributed by atoms with E-state index in [4.69, 9.17) is 4.74 Å². The summed E-state index contributed by atoms with van der Waals surface area (Å²) < 4.78 is 5.08. The Labute approximate surface area is 137 Å². The predicted molar refractivity (Wildman–Crippen MR) is 88.2 cm³/mol. The Balaban J connectivity index is 2.50. The third-order valence-electron chi connectivity index (χ3n) is 3.32. The molecule has 23 heavy (non-hydrogen) atoms. The maximum atomic E-state index is 11.8. The van der Waals surface area contributed by atoms with Crippen LogP contribution in [0.4, 0.5) is 4.79 Å². The maximum Gasteiger partial charge on any atom is 0.408 e. The van der Waals surface area contributed by atoms with E-state index < -0.39 is 18.1 Å². The van der Waals surface area contributed by atoms with Crippen LogP contribution in [-0.2, 0) is 16.1 Å². The SMILES string of the molecule is CCCN(CCC)C[C@@H](NC(=O)OCc1ccccc1)C(=O)O. The van der Waals surface area contributed by atoms with Crippen molar-refractivity contribution in [2.24, 2.45) is 0 Å². The number of carbonyl (C=O) groups excluding carboxylic acids is 1. The lowest BCUT2D eigenvalue weighted by Gasteiger charge is -2.25. The Hall–Kier alpha value is -2.08. The van der Waals surface area contributed by atoms with Crippen LogP contribution < -0.4 is 5.32 Å². The summed E-state index contributed by atoms with van der Waals surface area (Å²) in [6.45, 7) is 6.08. The van der Waals surface area contributed by atoms with Crippen molar-refractivity contribution in [3.8, 4) is 0 Å².